The summed E-state index contributed by atoms with van der Waals surface area (Å²) >= 11 is 0. The predicted octanol–water partition coefficient (Wildman–Crippen LogP) is 8.55. The van der Waals surface area contributed by atoms with Crippen molar-refractivity contribution in [2.24, 2.45) is 0 Å². The second-order valence-electron chi connectivity index (χ2n) is 24.7. The monoisotopic (exact) mass is 1280 g/mol. The highest BCUT2D eigenvalue weighted by molar-refractivity contribution is 6.09. The van der Waals surface area contributed by atoms with Crippen LogP contribution in [0.5, 0.6) is 0 Å². The highest BCUT2D eigenvalue weighted by Gasteiger charge is 2.51. The molecule has 7 aliphatic heterocycles. The van der Waals surface area contributed by atoms with Crippen molar-refractivity contribution >= 4 is 86.3 Å². The van der Waals surface area contributed by atoms with E-state index in [1.54, 1.807) is 63.6 Å². The fourth-order valence-corrected chi connectivity index (χ4v) is 14.6. The number of ether oxygens (including phenoxy) is 1. The first kappa shape index (κ1) is 61.5. The lowest BCUT2D eigenvalue weighted by atomic mass is 9.96. The summed E-state index contributed by atoms with van der Waals surface area (Å²) in [6.07, 6.45) is 4.41. The number of hydrogen-bond acceptors (Lipinski definition) is 12. The average molecular weight is 1280 g/mol. The Morgan fingerprint density at radius 1 is 0.474 bits per heavy atom. The molecule has 24 nitrogen and oxygen atoms in total. The molecule has 0 aliphatic carbocycles. The van der Waals surface area contributed by atoms with E-state index in [1.807, 2.05) is 103 Å². The first-order valence-electron chi connectivity index (χ1n) is 31.6. The van der Waals surface area contributed by atoms with Crippen LogP contribution in [0, 0.1) is 0 Å². The number of fused-ring (bicyclic) bond motifs is 15. The molecule has 0 spiro atoms. The van der Waals surface area contributed by atoms with Crippen LogP contribution in [0.3, 0.4) is 0 Å². The van der Waals surface area contributed by atoms with Crippen molar-refractivity contribution in [3.05, 3.63) is 213 Å². The lowest BCUT2D eigenvalue weighted by Gasteiger charge is -2.28. The van der Waals surface area contributed by atoms with Gasteiger partial charge in [0.2, 0.25) is 0 Å². The maximum atomic E-state index is 13.0. The van der Waals surface area contributed by atoms with E-state index in [0.717, 1.165) is 102 Å². The number of aromatic carboxylic acids is 1. The van der Waals surface area contributed by atoms with Crippen molar-refractivity contribution < 1.29 is 63.0 Å². The van der Waals surface area contributed by atoms with Gasteiger partial charge in [0, 0.05) is 170 Å². The van der Waals surface area contributed by atoms with Crippen LogP contribution in [-0.4, -0.2) is 161 Å². The van der Waals surface area contributed by atoms with Gasteiger partial charge in [-0.25, -0.2) is 35.0 Å². The number of nitrogens with one attached hydrogen (secondary N) is 2. The number of hydroxylamine groups is 2. The molecule has 7 aliphatic rings. The van der Waals surface area contributed by atoms with E-state index in [0.29, 0.717) is 76.3 Å². The minimum absolute atomic E-state index is 0.180. The van der Waals surface area contributed by atoms with E-state index >= 15 is 0 Å². The van der Waals surface area contributed by atoms with Crippen LogP contribution in [0.4, 0.5) is 14.4 Å². The number of para-hydroxylation sites is 3. The molecule has 16 rings (SSSR count). The zero-order chi connectivity index (χ0) is 66.1. The Balaban J connectivity index is 0.000000124. The molecule has 484 valence electrons. The Kier molecular flexibility index (Phi) is 16.1. The Hall–Kier alpha value is -11.0. The predicted molar refractivity (Wildman–Crippen MR) is 345 cm³/mol. The molecular formula is C71H67N11O13. The number of carboxylic acid groups (broad SMARTS) is 1. The van der Waals surface area contributed by atoms with Gasteiger partial charge in [-0.3, -0.25) is 43.9 Å². The first-order valence-corrected chi connectivity index (χ1v) is 31.6. The number of aromatic nitrogens is 3. The molecule has 4 fully saturated rings. The molecule has 3 aromatic heterocycles. The van der Waals surface area contributed by atoms with Crippen molar-refractivity contribution in [2.45, 2.75) is 82.6 Å². The highest BCUT2D eigenvalue weighted by Crippen LogP contribution is 2.45. The van der Waals surface area contributed by atoms with Gasteiger partial charge in [0.05, 0.1) is 5.56 Å². The molecule has 4 saturated heterocycles. The van der Waals surface area contributed by atoms with E-state index in [-0.39, 0.29) is 47.3 Å². The average Bonchev–Trinajstić information content (AvgIpc) is 1.59. The Morgan fingerprint density at radius 2 is 0.821 bits per heavy atom. The summed E-state index contributed by atoms with van der Waals surface area (Å²) in [5.74, 6) is -2.38. The summed E-state index contributed by atoms with van der Waals surface area (Å²) in [6, 6.07) is 42.7. The molecule has 6 aromatic carbocycles. The fraction of sp³-hybridized carbons (Fsp3) is 0.282. The molecule has 24 heteroatoms. The zero-order valence-electron chi connectivity index (χ0n) is 52.3. The van der Waals surface area contributed by atoms with Crippen LogP contribution >= 0.6 is 0 Å². The van der Waals surface area contributed by atoms with Gasteiger partial charge >= 0.3 is 24.1 Å². The first-order chi connectivity index (χ1) is 46.0. The number of imide groups is 3. The largest absolute Gasteiger partial charge is 0.478 e. The number of urea groups is 3. The highest BCUT2D eigenvalue weighted by atomic mass is 16.8. The van der Waals surface area contributed by atoms with Crippen molar-refractivity contribution in [2.75, 3.05) is 47.4 Å². The number of nitrogens with zero attached hydrogens (tertiary/aromatic N) is 9. The van der Waals surface area contributed by atoms with E-state index in [2.05, 4.69) is 25.2 Å². The molecule has 9 aromatic rings. The molecule has 95 heavy (non-hydrogen) atoms. The van der Waals surface area contributed by atoms with Crippen LogP contribution in [-0.2, 0) is 62.9 Å². The van der Waals surface area contributed by atoms with Gasteiger partial charge in [-0.2, -0.15) is 0 Å². The summed E-state index contributed by atoms with van der Waals surface area (Å²) in [7, 11) is 4.62. The topological polar surface area (TPSA) is 271 Å². The number of carboxylic acids is 1. The van der Waals surface area contributed by atoms with E-state index in [4.69, 9.17) is 19.9 Å². The Morgan fingerprint density at radius 3 is 1.16 bits per heavy atom. The summed E-state index contributed by atoms with van der Waals surface area (Å²) < 4.78 is 12.1. The maximum absolute atomic E-state index is 13.0. The SMILES string of the molecule is CN1C(=O)C2c3c(n(Cc4ccc(C(=O)NO)cc4)c4ccccc34)CCN2C1=O.CN1C(=O)C2c3c(n(Cc4ccc(C(=O)NOC5CCCCO5)cc4)c4ccccc34)CCN2C1=O.CN1C(=O)C2c3c(n(Cc4ccc(C(=O)O)cc4)c4ccccc34)CCN2C1=O. The van der Waals surface area contributed by atoms with Gasteiger partial charge in [-0.1, -0.05) is 91.0 Å². The van der Waals surface area contributed by atoms with Gasteiger partial charge < -0.3 is 38.2 Å². The minimum atomic E-state index is -0.950. The second kappa shape index (κ2) is 24.8. The number of carbonyl (C=O) groups excluding carboxylic acids is 8. The summed E-state index contributed by atoms with van der Waals surface area (Å²) in [5.41, 5.74) is 17.3. The molecule has 0 bridgehead atoms. The van der Waals surface area contributed by atoms with Gasteiger partial charge in [0.1, 0.15) is 18.1 Å². The molecule has 0 radical (unpaired) electrons. The Labute approximate surface area is 543 Å². The minimum Gasteiger partial charge on any atom is -0.478 e. The molecule has 10 heterocycles. The third-order valence-electron chi connectivity index (χ3n) is 19.4. The van der Waals surface area contributed by atoms with Crippen LogP contribution in [0.15, 0.2) is 146 Å². The standard InChI is InChI=1S/C27H28N4O5.C22H20N4O4.C22H19N3O4/c1-29-26(33)24-23-19-6-2-3-7-20(19)31(21(23)13-14-30(24)27(29)34)16-17-9-11-18(12-10-17)25(32)28-36-22-8-4-5-15-35-22;1-24-21(28)19-18-15-4-2-3-5-16(15)26(17(18)10-11-25(19)22(24)29)12-13-6-8-14(9-7-13)20(27)23-30;1-23-20(26)19-18-15-4-2-3-5-16(15)25(17(18)10-11-24(19)22(23)29)12-13-6-8-14(9-7-13)21(27)28/h2-3,6-7,9-12,22,24H,4-5,8,13-16H2,1H3,(H,28,32);2-9,19,30H,10-12H2,1H3,(H,23,27);2-9,19H,10-12H2,1H3,(H,27,28). The normalized spacial score (nSPS) is 19.5. The molecule has 4 atom stereocenters. The number of rotatable bonds is 11. The van der Waals surface area contributed by atoms with Gasteiger partial charge in [0.25, 0.3) is 29.5 Å². The number of amides is 11. The fourth-order valence-electron chi connectivity index (χ4n) is 14.6. The lowest BCUT2D eigenvalue weighted by Crippen LogP contribution is -2.36. The third kappa shape index (κ3) is 10.7. The van der Waals surface area contributed by atoms with Crippen LogP contribution in [0.2, 0.25) is 0 Å². The van der Waals surface area contributed by atoms with Crippen LogP contribution < -0.4 is 11.0 Å². The molecule has 4 unspecified atom stereocenters. The number of hydrogen-bond donors (Lipinski definition) is 4. The molecule has 11 amide bonds. The van der Waals surface area contributed by atoms with Crippen molar-refractivity contribution in [3.8, 4) is 0 Å². The van der Waals surface area contributed by atoms with Gasteiger partial charge in [-0.05, 0) is 84.1 Å². The maximum Gasteiger partial charge on any atom is 0.335 e. The molecular weight excluding hydrogens is 1210 g/mol. The number of benzene rings is 6. The molecule has 0 saturated carbocycles. The summed E-state index contributed by atoms with van der Waals surface area (Å²) in [6.45, 7) is 3.88. The quantitative estimate of drug-likeness (QED) is 0.0538. The van der Waals surface area contributed by atoms with E-state index in [1.165, 1.54) is 28.8 Å². The third-order valence-corrected chi connectivity index (χ3v) is 19.4. The van der Waals surface area contributed by atoms with Crippen LogP contribution in [0.1, 0.15) is 119 Å². The summed E-state index contributed by atoms with van der Waals surface area (Å²) in [5, 5.41) is 20.9. The van der Waals surface area contributed by atoms with E-state index < -0.39 is 36.3 Å². The second-order valence-corrected chi connectivity index (χ2v) is 24.7. The van der Waals surface area contributed by atoms with Crippen molar-refractivity contribution in [3.63, 3.8) is 0 Å². The van der Waals surface area contributed by atoms with Gasteiger partial charge in [-0.15, -0.1) is 0 Å². The molecule has 4 N–H and O–H groups in total. The Bertz CT molecular complexity index is 4640. The van der Waals surface area contributed by atoms with Crippen molar-refractivity contribution in [1.82, 2.24) is 54.1 Å². The van der Waals surface area contributed by atoms with Crippen LogP contribution in [0.25, 0.3) is 32.7 Å². The zero-order valence-corrected chi connectivity index (χ0v) is 52.3. The number of likely N-dealkylation sites (N-methyl/N-ethyl adjacent to an activating group) is 3. The lowest BCUT2D eigenvalue weighted by molar-refractivity contribution is -0.186. The smallest absolute Gasteiger partial charge is 0.335 e. The number of carbonyl (C=O) groups is 9. The van der Waals surface area contributed by atoms with Gasteiger partial charge in [0.15, 0.2) is 6.29 Å². The summed E-state index contributed by atoms with van der Waals surface area (Å²) in [4.78, 5) is 125. The van der Waals surface area contributed by atoms with E-state index in [9.17, 15) is 43.2 Å². The van der Waals surface area contributed by atoms with Crippen molar-refractivity contribution in [1.29, 1.82) is 0 Å².